The van der Waals surface area contributed by atoms with Gasteiger partial charge in [0.25, 0.3) is 0 Å². The van der Waals surface area contributed by atoms with Gasteiger partial charge in [0.15, 0.2) is 0 Å². The molecule has 5 heteroatoms. The van der Waals surface area contributed by atoms with Crippen molar-refractivity contribution in [2.75, 3.05) is 13.1 Å². The second kappa shape index (κ2) is 7.18. The molecular formula is C15H21BrN2O2. The molecule has 2 unspecified atom stereocenters. The maximum absolute atomic E-state index is 10.8. The van der Waals surface area contributed by atoms with Gasteiger partial charge in [-0.3, -0.25) is 14.7 Å². The van der Waals surface area contributed by atoms with E-state index < -0.39 is 5.97 Å². The minimum absolute atomic E-state index is 0.246. The fourth-order valence-electron chi connectivity index (χ4n) is 2.94. The first-order valence-corrected chi connectivity index (χ1v) is 7.87. The SMILES string of the molecule is CC(CC(=O)O)C1CCCN(Cc2cncc(Br)c2)C1. The number of carbonyl (C=O) groups is 1. The normalized spacial score (nSPS) is 21.6. The lowest BCUT2D eigenvalue weighted by Gasteiger charge is -2.35. The highest BCUT2D eigenvalue weighted by Crippen LogP contribution is 2.27. The molecule has 0 radical (unpaired) electrons. The van der Waals surface area contributed by atoms with Gasteiger partial charge in [0.2, 0.25) is 0 Å². The summed E-state index contributed by atoms with van der Waals surface area (Å²) >= 11 is 3.44. The van der Waals surface area contributed by atoms with Crippen molar-refractivity contribution in [2.45, 2.75) is 32.7 Å². The number of nitrogens with zero attached hydrogens (tertiary/aromatic N) is 2. The minimum atomic E-state index is -0.689. The summed E-state index contributed by atoms with van der Waals surface area (Å²) in [5, 5.41) is 8.92. The van der Waals surface area contributed by atoms with E-state index in [-0.39, 0.29) is 12.3 Å². The summed E-state index contributed by atoms with van der Waals surface area (Å²) in [5.74, 6) is 0.0433. The van der Waals surface area contributed by atoms with Gasteiger partial charge >= 0.3 is 5.97 Å². The molecule has 0 saturated carbocycles. The monoisotopic (exact) mass is 340 g/mol. The van der Waals surface area contributed by atoms with Gasteiger partial charge in [0, 0.05) is 36.4 Å². The highest BCUT2D eigenvalue weighted by Gasteiger charge is 2.25. The van der Waals surface area contributed by atoms with Crippen LogP contribution in [0.25, 0.3) is 0 Å². The number of hydrogen-bond donors (Lipinski definition) is 1. The number of piperidine rings is 1. The quantitative estimate of drug-likeness (QED) is 0.894. The smallest absolute Gasteiger partial charge is 0.303 e. The Morgan fingerprint density at radius 3 is 3.10 bits per heavy atom. The van der Waals surface area contributed by atoms with Crippen molar-refractivity contribution in [3.8, 4) is 0 Å². The molecule has 0 aromatic carbocycles. The van der Waals surface area contributed by atoms with Crippen molar-refractivity contribution in [3.63, 3.8) is 0 Å². The number of carboxylic acids is 1. The van der Waals surface area contributed by atoms with Crippen molar-refractivity contribution in [2.24, 2.45) is 11.8 Å². The molecule has 2 atom stereocenters. The zero-order valence-corrected chi connectivity index (χ0v) is 13.3. The Labute approximate surface area is 128 Å². The van der Waals surface area contributed by atoms with E-state index >= 15 is 0 Å². The van der Waals surface area contributed by atoms with Gasteiger partial charge in [-0.15, -0.1) is 0 Å². The van der Waals surface area contributed by atoms with Crippen LogP contribution in [0.4, 0.5) is 0 Å². The molecular weight excluding hydrogens is 320 g/mol. The number of aliphatic carboxylic acids is 1. The molecule has 0 spiro atoms. The molecule has 1 aliphatic rings. The van der Waals surface area contributed by atoms with Crippen LogP contribution in [0.15, 0.2) is 22.9 Å². The number of aromatic nitrogens is 1. The fraction of sp³-hybridized carbons (Fsp3) is 0.600. The Kier molecular flexibility index (Phi) is 5.54. The van der Waals surface area contributed by atoms with Gasteiger partial charge in [-0.1, -0.05) is 6.92 Å². The van der Waals surface area contributed by atoms with E-state index in [4.69, 9.17) is 5.11 Å². The zero-order chi connectivity index (χ0) is 14.5. The van der Waals surface area contributed by atoms with E-state index in [1.165, 1.54) is 5.56 Å². The lowest BCUT2D eigenvalue weighted by atomic mass is 9.84. The molecule has 1 aromatic heterocycles. The summed E-state index contributed by atoms with van der Waals surface area (Å²) in [7, 11) is 0. The molecule has 0 bridgehead atoms. The predicted molar refractivity (Wildman–Crippen MR) is 81.4 cm³/mol. The van der Waals surface area contributed by atoms with Crippen LogP contribution < -0.4 is 0 Å². The second-order valence-electron chi connectivity index (χ2n) is 5.72. The van der Waals surface area contributed by atoms with E-state index in [0.29, 0.717) is 5.92 Å². The Morgan fingerprint density at radius 2 is 2.40 bits per heavy atom. The van der Waals surface area contributed by atoms with E-state index in [1.54, 1.807) is 6.20 Å². The lowest BCUT2D eigenvalue weighted by molar-refractivity contribution is -0.138. The molecule has 1 N–H and O–H groups in total. The average molecular weight is 341 g/mol. The van der Waals surface area contributed by atoms with Crippen molar-refractivity contribution in [1.29, 1.82) is 0 Å². The van der Waals surface area contributed by atoms with E-state index in [1.807, 2.05) is 6.20 Å². The average Bonchev–Trinajstić information content (AvgIpc) is 2.38. The Morgan fingerprint density at radius 1 is 1.60 bits per heavy atom. The first-order valence-electron chi connectivity index (χ1n) is 7.08. The van der Waals surface area contributed by atoms with Crippen molar-refractivity contribution < 1.29 is 9.90 Å². The van der Waals surface area contributed by atoms with Crippen LogP contribution in [-0.4, -0.2) is 34.0 Å². The molecule has 20 heavy (non-hydrogen) atoms. The number of carboxylic acid groups (broad SMARTS) is 1. The van der Waals surface area contributed by atoms with Gasteiger partial charge in [-0.25, -0.2) is 0 Å². The number of rotatable bonds is 5. The summed E-state index contributed by atoms with van der Waals surface area (Å²) in [6, 6.07) is 2.09. The maximum Gasteiger partial charge on any atom is 0.303 e. The molecule has 2 heterocycles. The third-order valence-corrected chi connectivity index (χ3v) is 4.44. The van der Waals surface area contributed by atoms with Gasteiger partial charge in [0.05, 0.1) is 0 Å². The Bertz CT molecular complexity index is 467. The Hall–Kier alpha value is -0.940. The van der Waals surface area contributed by atoms with Crippen LogP contribution in [0, 0.1) is 11.8 Å². The predicted octanol–water partition coefficient (Wildman–Crippen LogP) is 3.17. The third kappa shape index (κ3) is 4.56. The molecule has 1 saturated heterocycles. The number of halogens is 1. The number of likely N-dealkylation sites (tertiary alicyclic amines) is 1. The third-order valence-electron chi connectivity index (χ3n) is 4.01. The van der Waals surface area contributed by atoms with Crippen molar-refractivity contribution in [3.05, 3.63) is 28.5 Å². The highest BCUT2D eigenvalue weighted by atomic mass is 79.9. The van der Waals surface area contributed by atoms with Crippen LogP contribution in [0.1, 0.15) is 31.7 Å². The van der Waals surface area contributed by atoms with Gasteiger partial charge < -0.3 is 5.11 Å². The maximum atomic E-state index is 10.8. The summed E-state index contributed by atoms with van der Waals surface area (Å²) in [5.41, 5.74) is 1.20. The summed E-state index contributed by atoms with van der Waals surface area (Å²) in [6.45, 7) is 5.02. The van der Waals surface area contributed by atoms with Gasteiger partial charge in [-0.2, -0.15) is 0 Å². The van der Waals surface area contributed by atoms with Crippen LogP contribution in [0.2, 0.25) is 0 Å². The molecule has 4 nitrogen and oxygen atoms in total. The standard InChI is InChI=1S/C15H21BrN2O2/c1-11(5-15(19)20)13-3-2-4-18(10-13)9-12-6-14(16)8-17-7-12/h6-8,11,13H,2-5,9-10H2,1H3,(H,19,20). The van der Waals surface area contributed by atoms with Crippen molar-refractivity contribution >= 4 is 21.9 Å². The largest absolute Gasteiger partial charge is 0.481 e. The van der Waals surface area contributed by atoms with Crippen LogP contribution in [0.3, 0.4) is 0 Å². The van der Waals surface area contributed by atoms with Crippen LogP contribution in [-0.2, 0) is 11.3 Å². The number of hydrogen-bond acceptors (Lipinski definition) is 3. The Balaban J connectivity index is 1.91. The molecule has 2 rings (SSSR count). The lowest BCUT2D eigenvalue weighted by Crippen LogP contribution is -2.37. The molecule has 1 aliphatic heterocycles. The molecule has 1 fully saturated rings. The summed E-state index contributed by atoms with van der Waals surface area (Å²) in [4.78, 5) is 17.4. The van der Waals surface area contributed by atoms with E-state index in [9.17, 15) is 4.79 Å². The van der Waals surface area contributed by atoms with Gasteiger partial charge in [-0.05, 0) is 58.8 Å². The van der Waals surface area contributed by atoms with Crippen LogP contribution in [0.5, 0.6) is 0 Å². The first kappa shape index (κ1) is 15.4. The van der Waals surface area contributed by atoms with Crippen molar-refractivity contribution in [1.82, 2.24) is 9.88 Å². The molecule has 110 valence electrons. The van der Waals surface area contributed by atoms with Crippen LogP contribution >= 0.6 is 15.9 Å². The highest BCUT2D eigenvalue weighted by molar-refractivity contribution is 9.10. The fourth-order valence-corrected chi connectivity index (χ4v) is 3.35. The van der Waals surface area contributed by atoms with Gasteiger partial charge in [0.1, 0.15) is 0 Å². The number of pyridine rings is 1. The summed E-state index contributed by atoms with van der Waals surface area (Å²) < 4.78 is 1.00. The molecule has 0 amide bonds. The minimum Gasteiger partial charge on any atom is -0.481 e. The topological polar surface area (TPSA) is 53.4 Å². The summed E-state index contributed by atoms with van der Waals surface area (Å²) in [6.07, 6.45) is 6.25. The van der Waals surface area contributed by atoms with E-state index in [0.717, 1.165) is 36.9 Å². The van der Waals surface area contributed by atoms with E-state index in [2.05, 4.69) is 38.8 Å². The second-order valence-corrected chi connectivity index (χ2v) is 6.64. The molecule has 1 aromatic rings. The zero-order valence-electron chi connectivity index (χ0n) is 11.8. The first-order chi connectivity index (χ1) is 9.54. The molecule has 0 aliphatic carbocycles.